The van der Waals surface area contributed by atoms with Gasteiger partial charge in [0.2, 0.25) is 0 Å². The molecule has 4 heteroatoms. The van der Waals surface area contributed by atoms with Gasteiger partial charge in [0.25, 0.3) is 0 Å². The highest BCUT2D eigenvalue weighted by Gasteiger charge is 2.23. The number of nitrogens with zero attached hydrogens (tertiary/aromatic N) is 1. The Hall–Kier alpha value is -0.640. The van der Waals surface area contributed by atoms with E-state index in [2.05, 4.69) is 0 Å². The fraction of sp³-hybridized carbons (Fsp3) is 0.500. The molecule has 0 radical (unpaired) electrons. The van der Waals surface area contributed by atoms with Crippen LogP contribution in [0.25, 0.3) is 0 Å². The summed E-state index contributed by atoms with van der Waals surface area (Å²) in [5, 5.41) is 0. The lowest BCUT2D eigenvalue weighted by Crippen LogP contribution is -2.42. The SMILES string of the molecule is Br.Nc1cc[n+](CC2CCC2)c(F)c1. The van der Waals surface area contributed by atoms with Crippen LogP contribution in [0.1, 0.15) is 19.3 Å². The molecule has 1 aromatic heterocycles. The van der Waals surface area contributed by atoms with E-state index in [0.29, 0.717) is 11.6 Å². The number of nitrogens with two attached hydrogens (primary N) is 1. The molecule has 2 N–H and O–H groups in total. The zero-order chi connectivity index (χ0) is 9.26. The lowest BCUT2D eigenvalue weighted by atomic mass is 9.85. The van der Waals surface area contributed by atoms with Crippen molar-refractivity contribution in [2.24, 2.45) is 5.92 Å². The lowest BCUT2D eigenvalue weighted by Gasteiger charge is -2.21. The van der Waals surface area contributed by atoms with Crippen molar-refractivity contribution in [3.8, 4) is 0 Å². The van der Waals surface area contributed by atoms with E-state index in [1.165, 1.54) is 25.3 Å². The van der Waals surface area contributed by atoms with E-state index in [9.17, 15) is 4.39 Å². The number of nitrogen functional groups attached to an aromatic ring is 1. The topological polar surface area (TPSA) is 29.9 Å². The van der Waals surface area contributed by atoms with Gasteiger partial charge in [-0.1, -0.05) is 6.42 Å². The molecule has 1 saturated carbocycles. The first-order chi connectivity index (χ1) is 6.25. The fourth-order valence-corrected chi connectivity index (χ4v) is 1.62. The van der Waals surface area contributed by atoms with Crippen LogP contribution in [-0.2, 0) is 6.54 Å². The van der Waals surface area contributed by atoms with Gasteiger partial charge in [-0.25, -0.2) is 0 Å². The highest BCUT2D eigenvalue weighted by molar-refractivity contribution is 8.93. The van der Waals surface area contributed by atoms with Gasteiger partial charge in [-0.15, -0.1) is 21.4 Å². The van der Waals surface area contributed by atoms with Gasteiger partial charge < -0.3 is 5.73 Å². The second kappa shape index (κ2) is 4.73. The first-order valence-corrected chi connectivity index (χ1v) is 4.70. The van der Waals surface area contributed by atoms with Crippen molar-refractivity contribution < 1.29 is 8.96 Å². The molecule has 1 aliphatic rings. The van der Waals surface area contributed by atoms with Crippen molar-refractivity contribution in [1.82, 2.24) is 0 Å². The number of aromatic nitrogens is 1. The Bertz CT molecular complexity index is 313. The number of pyridine rings is 1. The average Bonchev–Trinajstić information content (AvgIpc) is 1.99. The first-order valence-electron chi connectivity index (χ1n) is 4.70. The molecule has 1 heterocycles. The summed E-state index contributed by atoms with van der Waals surface area (Å²) in [5.41, 5.74) is 5.94. The number of rotatable bonds is 2. The van der Waals surface area contributed by atoms with Gasteiger partial charge in [-0.2, -0.15) is 4.57 Å². The highest BCUT2D eigenvalue weighted by atomic mass is 79.9. The third-order valence-corrected chi connectivity index (χ3v) is 2.69. The van der Waals surface area contributed by atoms with Crippen LogP contribution in [0.15, 0.2) is 18.3 Å². The van der Waals surface area contributed by atoms with Gasteiger partial charge in [-0.05, 0) is 12.8 Å². The number of anilines is 1. The van der Waals surface area contributed by atoms with Gasteiger partial charge in [0.15, 0.2) is 12.7 Å². The van der Waals surface area contributed by atoms with Crippen LogP contribution in [0.5, 0.6) is 0 Å². The van der Waals surface area contributed by atoms with Crippen LogP contribution in [0.4, 0.5) is 10.1 Å². The van der Waals surface area contributed by atoms with E-state index in [-0.39, 0.29) is 22.9 Å². The molecule has 78 valence electrons. The molecular formula is C10H15BrFN2+. The first kappa shape index (κ1) is 11.4. The summed E-state index contributed by atoms with van der Waals surface area (Å²) < 4.78 is 14.9. The maximum absolute atomic E-state index is 13.3. The molecule has 1 fully saturated rings. The largest absolute Gasteiger partial charge is 0.398 e. The molecule has 0 spiro atoms. The third kappa shape index (κ3) is 2.44. The van der Waals surface area contributed by atoms with Gasteiger partial charge in [-0.3, -0.25) is 0 Å². The molecule has 1 aromatic rings. The minimum absolute atomic E-state index is 0. The summed E-state index contributed by atoms with van der Waals surface area (Å²) >= 11 is 0. The fourth-order valence-electron chi connectivity index (χ4n) is 1.62. The van der Waals surface area contributed by atoms with E-state index < -0.39 is 0 Å². The molecule has 0 atom stereocenters. The Kier molecular flexibility index (Phi) is 3.86. The second-order valence-electron chi connectivity index (χ2n) is 3.73. The van der Waals surface area contributed by atoms with Crippen LogP contribution in [0.3, 0.4) is 0 Å². The zero-order valence-electron chi connectivity index (χ0n) is 7.95. The van der Waals surface area contributed by atoms with Gasteiger partial charge in [0.05, 0.1) is 6.07 Å². The predicted octanol–water partition coefficient (Wildman–Crippen LogP) is 2.07. The molecule has 0 amide bonds. The Morgan fingerprint density at radius 2 is 2.21 bits per heavy atom. The monoisotopic (exact) mass is 261 g/mol. The van der Waals surface area contributed by atoms with Crippen molar-refractivity contribution in [2.45, 2.75) is 25.8 Å². The summed E-state index contributed by atoms with van der Waals surface area (Å²) in [7, 11) is 0. The smallest absolute Gasteiger partial charge is 0.361 e. The van der Waals surface area contributed by atoms with Crippen molar-refractivity contribution in [3.63, 3.8) is 0 Å². The number of hydrogen-bond acceptors (Lipinski definition) is 1. The number of halogens is 2. The van der Waals surface area contributed by atoms with Crippen LogP contribution < -0.4 is 10.3 Å². The molecule has 0 aliphatic heterocycles. The Morgan fingerprint density at radius 1 is 1.50 bits per heavy atom. The Balaban J connectivity index is 0.000000980. The van der Waals surface area contributed by atoms with E-state index in [1.54, 1.807) is 16.8 Å². The standard InChI is InChI=1S/C10H13FN2.BrH/c11-10-6-9(12)4-5-13(10)7-8-2-1-3-8;/h4-6,8,12H,1-3,7H2;1H/p+1. The minimum Gasteiger partial charge on any atom is -0.398 e. The van der Waals surface area contributed by atoms with Crippen LogP contribution in [-0.4, -0.2) is 0 Å². The number of hydrogen-bond donors (Lipinski definition) is 1. The van der Waals surface area contributed by atoms with E-state index in [4.69, 9.17) is 5.73 Å². The van der Waals surface area contributed by atoms with Crippen LogP contribution in [0.2, 0.25) is 0 Å². The molecule has 2 rings (SSSR count). The Labute approximate surface area is 93.7 Å². The molecule has 2 nitrogen and oxygen atoms in total. The molecule has 1 aliphatic carbocycles. The van der Waals surface area contributed by atoms with Crippen LogP contribution >= 0.6 is 17.0 Å². The van der Waals surface area contributed by atoms with E-state index in [0.717, 1.165) is 6.54 Å². The normalized spacial score (nSPS) is 15.8. The summed E-state index contributed by atoms with van der Waals surface area (Å²) in [4.78, 5) is 0. The molecule has 0 unspecified atom stereocenters. The average molecular weight is 262 g/mol. The third-order valence-electron chi connectivity index (χ3n) is 2.69. The lowest BCUT2D eigenvalue weighted by molar-refractivity contribution is -0.731. The van der Waals surface area contributed by atoms with Crippen molar-refractivity contribution in [1.29, 1.82) is 0 Å². The van der Waals surface area contributed by atoms with Crippen molar-refractivity contribution in [2.75, 3.05) is 5.73 Å². The van der Waals surface area contributed by atoms with E-state index >= 15 is 0 Å². The zero-order valence-corrected chi connectivity index (χ0v) is 9.66. The van der Waals surface area contributed by atoms with Crippen molar-refractivity contribution in [3.05, 3.63) is 24.3 Å². The van der Waals surface area contributed by atoms with E-state index in [1.807, 2.05) is 0 Å². The summed E-state index contributed by atoms with van der Waals surface area (Å²) in [6.45, 7) is 0.798. The van der Waals surface area contributed by atoms with Crippen molar-refractivity contribution >= 4 is 22.7 Å². The highest BCUT2D eigenvalue weighted by Crippen LogP contribution is 2.26. The Morgan fingerprint density at radius 3 is 2.71 bits per heavy atom. The summed E-state index contributed by atoms with van der Waals surface area (Å²) in [5.74, 6) is 0.440. The molecule has 0 aromatic carbocycles. The molecule has 0 bridgehead atoms. The summed E-state index contributed by atoms with van der Waals surface area (Å²) in [6, 6.07) is 3.11. The summed E-state index contributed by atoms with van der Waals surface area (Å²) in [6.07, 6.45) is 5.48. The maximum Gasteiger partial charge on any atom is 0.361 e. The van der Waals surface area contributed by atoms with Gasteiger partial charge >= 0.3 is 5.95 Å². The second-order valence-corrected chi connectivity index (χ2v) is 3.73. The quantitative estimate of drug-likeness (QED) is 0.641. The van der Waals surface area contributed by atoms with Gasteiger partial charge in [0.1, 0.15) is 0 Å². The molecule has 14 heavy (non-hydrogen) atoms. The maximum atomic E-state index is 13.3. The van der Waals surface area contributed by atoms with Gasteiger partial charge in [0, 0.05) is 17.7 Å². The minimum atomic E-state index is -0.230. The molecule has 0 saturated heterocycles. The molecular weight excluding hydrogens is 247 g/mol. The van der Waals surface area contributed by atoms with Crippen LogP contribution in [0, 0.1) is 11.9 Å². The predicted molar refractivity (Wildman–Crippen MR) is 58.7 cm³/mol.